The number of fused-ring (bicyclic) bond motifs is 1. The number of hydrogen-bond donors (Lipinski definition) is 1. The number of ether oxygens (including phenoxy) is 2. The van der Waals surface area contributed by atoms with Gasteiger partial charge in [0.1, 0.15) is 29.3 Å². The maximum absolute atomic E-state index is 13.2. The lowest BCUT2D eigenvalue weighted by molar-refractivity contribution is 0.0290. The van der Waals surface area contributed by atoms with Gasteiger partial charge in [-0.15, -0.1) is 0 Å². The third-order valence-electron chi connectivity index (χ3n) is 5.57. The van der Waals surface area contributed by atoms with Crippen molar-refractivity contribution >= 4 is 23.0 Å². The zero-order valence-electron chi connectivity index (χ0n) is 20.3. The van der Waals surface area contributed by atoms with E-state index in [1.54, 1.807) is 24.2 Å². The number of aryl methyl sites for hydroxylation is 2. The van der Waals surface area contributed by atoms with Crippen molar-refractivity contribution in [3.63, 3.8) is 0 Å². The second kappa shape index (κ2) is 9.37. The predicted molar refractivity (Wildman–Crippen MR) is 128 cm³/mol. The maximum Gasteiger partial charge on any atom is 0.410 e. The summed E-state index contributed by atoms with van der Waals surface area (Å²) in [6.07, 6.45) is 3.87. The van der Waals surface area contributed by atoms with Crippen LogP contribution in [0.3, 0.4) is 0 Å². The minimum Gasteiger partial charge on any atom is -0.489 e. The largest absolute Gasteiger partial charge is 0.489 e. The number of likely N-dealkylation sites (tertiary alicyclic amines) is 1. The normalized spacial score (nSPS) is 16.0. The molecule has 0 spiro atoms. The summed E-state index contributed by atoms with van der Waals surface area (Å²) in [7, 11) is 0. The van der Waals surface area contributed by atoms with Gasteiger partial charge in [0.2, 0.25) is 0 Å². The van der Waals surface area contributed by atoms with Crippen molar-refractivity contribution in [2.45, 2.75) is 59.3 Å². The molecule has 8 heteroatoms. The summed E-state index contributed by atoms with van der Waals surface area (Å²) < 4.78 is 17.2. The number of amides is 2. The van der Waals surface area contributed by atoms with E-state index in [1.807, 2.05) is 52.0 Å². The quantitative estimate of drug-likeness (QED) is 0.584. The van der Waals surface area contributed by atoms with Gasteiger partial charge in [0.25, 0.3) is 5.91 Å². The van der Waals surface area contributed by atoms with Crippen molar-refractivity contribution in [1.29, 1.82) is 0 Å². The van der Waals surface area contributed by atoms with Crippen LogP contribution in [0.2, 0.25) is 0 Å². The number of carbonyl (C=O) groups is 2. The lowest BCUT2D eigenvalue weighted by Crippen LogP contribution is -2.40. The van der Waals surface area contributed by atoms with Crippen molar-refractivity contribution in [3.8, 4) is 5.75 Å². The van der Waals surface area contributed by atoms with E-state index in [2.05, 4.69) is 10.3 Å². The molecular weight excluding hydrogens is 434 g/mol. The highest BCUT2D eigenvalue weighted by molar-refractivity contribution is 6.07. The van der Waals surface area contributed by atoms with E-state index in [-0.39, 0.29) is 18.0 Å². The molecule has 1 saturated heterocycles. The van der Waals surface area contributed by atoms with Crippen LogP contribution < -0.4 is 10.1 Å². The van der Waals surface area contributed by atoms with Crippen molar-refractivity contribution in [3.05, 3.63) is 59.1 Å². The van der Waals surface area contributed by atoms with Gasteiger partial charge in [0.05, 0.1) is 5.56 Å². The van der Waals surface area contributed by atoms with E-state index in [4.69, 9.17) is 13.9 Å². The molecule has 180 valence electrons. The zero-order valence-corrected chi connectivity index (χ0v) is 20.3. The highest BCUT2D eigenvalue weighted by atomic mass is 16.6. The van der Waals surface area contributed by atoms with Crippen LogP contribution in [-0.2, 0) is 11.3 Å². The molecule has 4 rings (SSSR count). The molecule has 0 radical (unpaired) electrons. The molecule has 3 aromatic rings. The fraction of sp³-hybridized carbons (Fsp3) is 0.423. The summed E-state index contributed by atoms with van der Waals surface area (Å²) in [6, 6.07) is 7.33. The highest BCUT2D eigenvalue weighted by Crippen LogP contribution is 2.30. The molecule has 1 aliphatic heterocycles. The molecular formula is C26H31N3O5. The summed E-state index contributed by atoms with van der Waals surface area (Å²) in [5.74, 6) is 0.947. The third kappa shape index (κ3) is 5.50. The van der Waals surface area contributed by atoms with Gasteiger partial charge in [-0.2, -0.15) is 0 Å². The molecule has 0 saturated carbocycles. The Morgan fingerprint density at radius 2 is 2.00 bits per heavy atom. The number of nitrogens with zero attached hydrogens (tertiary/aromatic N) is 2. The molecule has 1 atom stereocenters. The molecule has 0 bridgehead atoms. The van der Waals surface area contributed by atoms with Crippen molar-refractivity contribution in [2.75, 3.05) is 13.1 Å². The average molecular weight is 466 g/mol. The van der Waals surface area contributed by atoms with Gasteiger partial charge >= 0.3 is 6.09 Å². The Labute approximate surface area is 199 Å². The van der Waals surface area contributed by atoms with Crippen molar-refractivity contribution in [2.24, 2.45) is 0 Å². The molecule has 8 nitrogen and oxygen atoms in total. The first-order valence-corrected chi connectivity index (χ1v) is 11.4. The van der Waals surface area contributed by atoms with Crippen LogP contribution in [0, 0.1) is 13.8 Å². The monoisotopic (exact) mass is 465 g/mol. The minimum atomic E-state index is -0.555. The second-order valence-corrected chi connectivity index (χ2v) is 9.74. The maximum atomic E-state index is 13.2. The first kappa shape index (κ1) is 23.6. The van der Waals surface area contributed by atoms with Gasteiger partial charge in [0, 0.05) is 42.5 Å². The molecule has 0 unspecified atom stereocenters. The second-order valence-electron chi connectivity index (χ2n) is 9.74. The smallest absolute Gasteiger partial charge is 0.410 e. The molecule has 34 heavy (non-hydrogen) atoms. The Kier molecular flexibility index (Phi) is 6.50. The lowest BCUT2D eigenvalue weighted by atomic mass is 10.1. The van der Waals surface area contributed by atoms with Gasteiger partial charge < -0.3 is 24.1 Å². The molecule has 3 heterocycles. The fourth-order valence-electron chi connectivity index (χ4n) is 4.06. The number of hydrogen-bond acceptors (Lipinski definition) is 6. The Balaban J connectivity index is 1.44. The molecule has 1 N–H and O–H groups in total. The predicted octanol–water partition coefficient (Wildman–Crippen LogP) is 4.76. The van der Waals surface area contributed by atoms with Crippen LogP contribution in [0.25, 0.3) is 11.0 Å². The summed E-state index contributed by atoms with van der Waals surface area (Å²) in [5, 5.41) is 3.74. The lowest BCUT2D eigenvalue weighted by Gasteiger charge is -2.24. The summed E-state index contributed by atoms with van der Waals surface area (Å²) in [4.78, 5) is 31.3. The van der Waals surface area contributed by atoms with Crippen LogP contribution >= 0.6 is 0 Å². The Morgan fingerprint density at radius 1 is 1.21 bits per heavy atom. The van der Waals surface area contributed by atoms with E-state index in [9.17, 15) is 9.59 Å². The SMILES string of the molecule is Cc1cncc(COc2ccc3oc(C)c(C(=O)N[C@H]4CCN(C(=O)OC(C)(C)C)C4)c3c2)c1. The summed E-state index contributed by atoms with van der Waals surface area (Å²) in [6.45, 7) is 10.6. The van der Waals surface area contributed by atoms with E-state index >= 15 is 0 Å². The van der Waals surface area contributed by atoms with Crippen LogP contribution in [0.5, 0.6) is 5.75 Å². The Hall–Kier alpha value is -3.55. The molecule has 0 aliphatic carbocycles. The number of rotatable bonds is 5. The van der Waals surface area contributed by atoms with Gasteiger partial charge in [-0.25, -0.2) is 4.79 Å². The number of aromatic nitrogens is 1. The van der Waals surface area contributed by atoms with Crippen LogP contribution in [0.4, 0.5) is 4.79 Å². The first-order chi connectivity index (χ1) is 16.1. The van der Waals surface area contributed by atoms with E-state index in [0.717, 1.165) is 11.1 Å². The van der Waals surface area contributed by atoms with E-state index in [1.165, 1.54) is 0 Å². The van der Waals surface area contributed by atoms with Gasteiger partial charge in [-0.05, 0) is 70.9 Å². The van der Waals surface area contributed by atoms with Crippen LogP contribution in [0.1, 0.15) is 54.4 Å². The molecule has 1 fully saturated rings. The topological polar surface area (TPSA) is 93.9 Å². The number of pyridine rings is 1. The molecule has 2 aromatic heterocycles. The molecule has 1 aromatic carbocycles. The Morgan fingerprint density at radius 3 is 2.74 bits per heavy atom. The van der Waals surface area contributed by atoms with Crippen molar-refractivity contribution < 1.29 is 23.5 Å². The number of nitrogens with one attached hydrogen (secondary N) is 1. The van der Waals surface area contributed by atoms with Crippen LogP contribution in [-0.4, -0.2) is 46.6 Å². The minimum absolute atomic E-state index is 0.155. The first-order valence-electron chi connectivity index (χ1n) is 11.4. The fourth-order valence-corrected chi connectivity index (χ4v) is 4.06. The van der Waals surface area contributed by atoms with Crippen LogP contribution in [0.15, 0.2) is 41.1 Å². The molecule has 2 amide bonds. The van der Waals surface area contributed by atoms with Gasteiger partial charge in [0.15, 0.2) is 0 Å². The number of carbonyl (C=O) groups excluding carboxylic acids is 2. The number of furan rings is 1. The van der Waals surface area contributed by atoms with E-state index in [0.29, 0.717) is 54.2 Å². The third-order valence-corrected chi connectivity index (χ3v) is 5.57. The summed E-state index contributed by atoms with van der Waals surface area (Å²) in [5.41, 5.74) is 2.58. The van der Waals surface area contributed by atoms with E-state index < -0.39 is 5.60 Å². The zero-order chi connectivity index (χ0) is 24.5. The molecule has 1 aliphatic rings. The standard InChI is InChI=1S/C26H31N3O5/c1-16-10-18(13-27-12-16)15-32-20-6-7-22-21(11-20)23(17(2)33-22)24(30)28-19-8-9-29(14-19)25(31)34-26(3,4)5/h6-7,10-13,19H,8-9,14-15H2,1-5H3,(H,28,30)/t19-/m0/s1. The Bertz CT molecular complexity index is 1210. The highest BCUT2D eigenvalue weighted by Gasteiger charge is 2.31. The average Bonchev–Trinajstić information content (AvgIpc) is 3.34. The summed E-state index contributed by atoms with van der Waals surface area (Å²) >= 11 is 0. The van der Waals surface area contributed by atoms with Gasteiger partial charge in [-0.3, -0.25) is 9.78 Å². The number of benzene rings is 1. The van der Waals surface area contributed by atoms with Gasteiger partial charge in [-0.1, -0.05) is 0 Å². The van der Waals surface area contributed by atoms with Crippen molar-refractivity contribution in [1.82, 2.24) is 15.2 Å².